The largest absolute Gasteiger partial charge is 0.337 e. The molecule has 0 unspecified atom stereocenters. The monoisotopic (exact) mass is 229 g/mol. The summed E-state index contributed by atoms with van der Waals surface area (Å²) in [5.41, 5.74) is 1.10. The van der Waals surface area contributed by atoms with E-state index in [9.17, 15) is 8.78 Å². The number of thiazole rings is 1. The molecule has 0 aliphatic rings. The Bertz CT molecular complexity index is 495. The normalized spacial score (nSPS) is 10.4. The van der Waals surface area contributed by atoms with Crippen LogP contribution in [0.2, 0.25) is 0 Å². The van der Waals surface area contributed by atoms with Crippen LogP contribution in [0, 0.1) is 15.6 Å². The van der Waals surface area contributed by atoms with Crippen LogP contribution in [0.3, 0.4) is 0 Å². The van der Waals surface area contributed by atoms with Gasteiger partial charge in [-0.25, -0.2) is 8.78 Å². The highest BCUT2D eigenvalue weighted by Crippen LogP contribution is 2.21. The molecule has 2 aromatic rings. The third-order valence-corrected chi connectivity index (χ3v) is 2.75. The minimum absolute atomic E-state index is 0.467. The highest BCUT2D eigenvalue weighted by atomic mass is 32.1. The lowest BCUT2D eigenvalue weighted by Gasteiger charge is -1.97. The second-order valence-electron chi connectivity index (χ2n) is 2.72. The maximum atomic E-state index is 12.8. The summed E-state index contributed by atoms with van der Waals surface area (Å²) in [6.07, 6.45) is 0. The lowest BCUT2D eigenvalue weighted by atomic mass is 10.2. The first-order chi connectivity index (χ1) is 6.65. The second kappa shape index (κ2) is 3.59. The molecule has 0 spiro atoms. The smallest absolute Gasteiger partial charge is 0.158 e. The average molecular weight is 229 g/mol. The Morgan fingerprint density at radius 2 is 1.79 bits per heavy atom. The van der Waals surface area contributed by atoms with Crippen molar-refractivity contribution in [3.63, 3.8) is 0 Å². The summed E-state index contributed by atoms with van der Waals surface area (Å²) in [6, 6.07) is 3.36. The molecule has 1 N–H and O–H groups in total. The molecule has 0 bridgehead atoms. The number of benzene rings is 1. The van der Waals surface area contributed by atoms with Crippen LogP contribution in [0.4, 0.5) is 8.78 Å². The Hall–Kier alpha value is -1.07. The van der Waals surface area contributed by atoms with Crippen molar-refractivity contribution in [3.05, 3.63) is 39.2 Å². The van der Waals surface area contributed by atoms with E-state index in [0.29, 0.717) is 15.2 Å². The molecule has 0 saturated carbocycles. The molecule has 0 fully saturated rings. The number of halogens is 2. The van der Waals surface area contributed by atoms with E-state index in [-0.39, 0.29) is 0 Å². The molecule has 0 amide bonds. The zero-order chi connectivity index (χ0) is 10.1. The molecule has 1 heterocycles. The van der Waals surface area contributed by atoms with Crippen molar-refractivity contribution in [1.29, 1.82) is 0 Å². The van der Waals surface area contributed by atoms with Crippen LogP contribution in [-0.4, -0.2) is 4.98 Å². The lowest BCUT2D eigenvalue weighted by Crippen LogP contribution is -1.83. The highest BCUT2D eigenvalue weighted by molar-refractivity contribution is 7.73. The summed E-state index contributed by atoms with van der Waals surface area (Å²) in [5, 5.41) is 1.73. The van der Waals surface area contributed by atoms with E-state index in [2.05, 4.69) is 4.98 Å². The summed E-state index contributed by atoms with van der Waals surface area (Å²) in [6.45, 7) is 0. The minimum Gasteiger partial charge on any atom is -0.337 e. The van der Waals surface area contributed by atoms with Gasteiger partial charge in [-0.05, 0) is 24.4 Å². The zero-order valence-electron chi connectivity index (χ0n) is 6.88. The van der Waals surface area contributed by atoms with E-state index in [1.54, 1.807) is 5.38 Å². The fraction of sp³-hybridized carbons (Fsp3) is 0. The molecule has 0 radical (unpaired) electrons. The van der Waals surface area contributed by atoms with E-state index < -0.39 is 11.6 Å². The number of hydrogen-bond acceptors (Lipinski definition) is 2. The first-order valence-corrected chi connectivity index (χ1v) is 5.08. The maximum absolute atomic E-state index is 12.8. The van der Waals surface area contributed by atoms with E-state index >= 15 is 0 Å². The Kier molecular flexibility index (Phi) is 2.43. The van der Waals surface area contributed by atoms with Crippen molar-refractivity contribution in [2.24, 2.45) is 0 Å². The highest BCUT2D eigenvalue weighted by Gasteiger charge is 2.03. The van der Waals surface area contributed by atoms with Crippen LogP contribution in [0.15, 0.2) is 23.6 Å². The number of nitrogens with one attached hydrogen (secondary N) is 1. The van der Waals surface area contributed by atoms with Gasteiger partial charge in [-0.15, -0.1) is 11.3 Å². The van der Waals surface area contributed by atoms with Crippen molar-refractivity contribution in [1.82, 2.24) is 4.98 Å². The molecule has 14 heavy (non-hydrogen) atoms. The molecule has 0 aliphatic heterocycles. The first-order valence-electron chi connectivity index (χ1n) is 3.79. The third-order valence-electron chi connectivity index (χ3n) is 1.69. The molecule has 2 rings (SSSR count). The minimum atomic E-state index is -0.592. The predicted molar refractivity (Wildman–Crippen MR) is 54.9 cm³/mol. The molecule has 1 aromatic carbocycles. The van der Waals surface area contributed by atoms with Gasteiger partial charge in [0.25, 0.3) is 0 Å². The molecule has 0 saturated heterocycles. The van der Waals surface area contributed by atoms with Crippen LogP contribution in [0.5, 0.6) is 0 Å². The van der Waals surface area contributed by atoms with Gasteiger partial charge in [-0.2, -0.15) is 0 Å². The fourth-order valence-electron chi connectivity index (χ4n) is 1.13. The number of hydrogen-bond donors (Lipinski definition) is 1. The van der Waals surface area contributed by atoms with Crippen molar-refractivity contribution < 1.29 is 8.78 Å². The molecular weight excluding hydrogens is 224 g/mol. The molecular formula is C9H5F2NS2. The van der Waals surface area contributed by atoms with Crippen molar-refractivity contribution in [3.8, 4) is 11.3 Å². The topological polar surface area (TPSA) is 15.8 Å². The van der Waals surface area contributed by atoms with Gasteiger partial charge in [0.15, 0.2) is 3.95 Å². The Morgan fingerprint density at radius 3 is 2.29 bits per heavy atom. The standard InChI is InChI=1S/C9H5F2NS2/c10-6-1-5(2-7(11)3-6)8-4-14-9(13)12-8/h1-4H,(H,12,13). The summed E-state index contributed by atoms with van der Waals surface area (Å²) >= 11 is 6.20. The predicted octanol–water partition coefficient (Wildman–Crippen LogP) is 3.75. The Labute approximate surface area is 88.0 Å². The average Bonchev–Trinajstić information content (AvgIpc) is 2.50. The molecule has 0 atom stereocenters. The first kappa shape index (κ1) is 9.48. The van der Waals surface area contributed by atoms with E-state index in [4.69, 9.17) is 12.2 Å². The number of rotatable bonds is 1. The van der Waals surface area contributed by atoms with Gasteiger partial charge in [0.1, 0.15) is 11.6 Å². The summed E-state index contributed by atoms with van der Waals surface area (Å²) < 4.78 is 26.3. The van der Waals surface area contributed by atoms with Crippen molar-refractivity contribution in [2.75, 3.05) is 0 Å². The fourth-order valence-corrected chi connectivity index (χ4v) is 1.97. The molecule has 72 valence electrons. The van der Waals surface area contributed by atoms with E-state index in [1.165, 1.54) is 23.5 Å². The number of aromatic amines is 1. The SMILES string of the molecule is Fc1cc(F)cc(-c2csc(=S)[nH]2)c1. The Balaban J connectivity index is 2.56. The van der Waals surface area contributed by atoms with Crippen molar-refractivity contribution >= 4 is 23.6 Å². The Morgan fingerprint density at radius 1 is 1.14 bits per heavy atom. The van der Waals surface area contributed by atoms with Gasteiger partial charge in [-0.3, -0.25) is 0 Å². The zero-order valence-corrected chi connectivity index (χ0v) is 8.51. The van der Waals surface area contributed by atoms with E-state index in [0.717, 1.165) is 6.07 Å². The van der Waals surface area contributed by atoms with Gasteiger partial charge in [0.2, 0.25) is 0 Å². The van der Waals surface area contributed by atoms with Crippen molar-refractivity contribution in [2.45, 2.75) is 0 Å². The lowest BCUT2D eigenvalue weighted by molar-refractivity contribution is 0.584. The van der Waals surface area contributed by atoms with Crippen LogP contribution >= 0.6 is 23.6 Å². The second-order valence-corrected chi connectivity index (χ2v) is 4.27. The van der Waals surface area contributed by atoms with Gasteiger partial charge < -0.3 is 4.98 Å². The van der Waals surface area contributed by atoms with Crippen LogP contribution in [0.1, 0.15) is 0 Å². The van der Waals surface area contributed by atoms with Gasteiger partial charge in [0.05, 0.1) is 5.69 Å². The van der Waals surface area contributed by atoms with Gasteiger partial charge in [0, 0.05) is 17.0 Å². The van der Waals surface area contributed by atoms with Crippen LogP contribution < -0.4 is 0 Å². The van der Waals surface area contributed by atoms with Crippen LogP contribution in [-0.2, 0) is 0 Å². The molecule has 5 heteroatoms. The number of H-pyrrole nitrogens is 1. The molecule has 0 aliphatic carbocycles. The third kappa shape index (κ3) is 1.88. The quantitative estimate of drug-likeness (QED) is 0.736. The summed E-state index contributed by atoms with van der Waals surface area (Å²) in [4.78, 5) is 2.85. The number of aromatic nitrogens is 1. The maximum Gasteiger partial charge on any atom is 0.158 e. The van der Waals surface area contributed by atoms with Gasteiger partial charge >= 0.3 is 0 Å². The summed E-state index contributed by atoms with van der Waals surface area (Å²) in [7, 11) is 0. The summed E-state index contributed by atoms with van der Waals surface area (Å²) in [5.74, 6) is -1.18. The van der Waals surface area contributed by atoms with Crippen LogP contribution in [0.25, 0.3) is 11.3 Å². The molecule has 1 aromatic heterocycles. The van der Waals surface area contributed by atoms with Gasteiger partial charge in [-0.1, -0.05) is 0 Å². The molecule has 1 nitrogen and oxygen atoms in total. The van der Waals surface area contributed by atoms with E-state index in [1.807, 2.05) is 0 Å².